The van der Waals surface area contributed by atoms with Gasteiger partial charge in [0.1, 0.15) is 0 Å². The smallest absolute Gasteiger partial charge is 0.0101 e. The molecule has 0 saturated heterocycles. The summed E-state index contributed by atoms with van der Waals surface area (Å²) in [5.41, 5.74) is 0.566. The van der Waals surface area contributed by atoms with Gasteiger partial charge < -0.3 is 0 Å². The van der Waals surface area contributed by atoms with E-state index >= 15 is 0 Å². The topological polar surface area (TPSA) is 0 Å². The van der Waals surface area contributed by atoms with Crippen LogP contribution in [-0.2, 0) is 0 Å². The molecule has 0 aliphatic heterocycles. The first-order valence-corrected chi connectivity index (χ1v) is 4.95. The molecule has 0 saturated carbocycles. The zero-order valence-electron chi connectivity index (χ0n) is 9.01. The van der Waals surface area contributed by atoms with E-state index in [1.54, 1.807) is 0 Å². The van der Waals surface area contributed by atoms with Gasteiger partial charge >= 0.3 is 0 Å². The maximum Gasteiger partial charge on any atom is 0.0101 e. The van der Waals surface area contributed by atoms with Gasteiger partial charge in [0.15, 0.2) is 0 Å². The van der Waals surface area contributed by atoms with Gasteiger partial charge in [0.25, 0.3) is 0 Å². The van der Waals surface area contributed by atoms with Crippen molar-refractivity contribution in [2.75, 3.05) is 0 Å². The van der Waals surface area contributed by atoms with E-state index in [4.69, 9.17) is 0 Å². The fraction of sp³-hybridized carbons (Fsp3) is 0.538. The Morgan fingerprint density at radius 1 is 1.38 bits per heavy atom. The van der Waals surface area contributed by atoms with Crippen LogP contribution in [0.1, 0.15) is 33.6 Å². The molecule has 1 atom stereocenters. The third-order valence-electron chi connectivity index (χ3n) is 2.44. The Labute approximate surface area is 82.0 Å². The van der Waals surface area contributed by atoms with Crippen LogP contribution in [0.5, 0.6) is 0 Å². The molecule has 0 aromatic heterocycles. The predicted molar refractivity (Wildman–Crippen MR) is 59.6 cm³/mol. The van der Waals surface area contributed by atoms with Crippen LogP contribution in [0.15, 0.2) is 37.0 Å². The van der Waals surface area contributed by atoms with E-state index in [9.17, 15) is 0 Å². The normalized spacial score (nSPS) is 27.6. The third kappa shape index (κ3) is 2.87. The number of allylic oxidation sites excluding steroid dienone is 5. The number of hydrogen-bond acceptors (Lipinski definition) is 0. The molecule has 0 fully saturated rings. The van der Waals surface area contributed by atoms with Crippen LogP contribution in [0.25, 0.3) is 0 Å². The van der Waals surface area contributed by atoms with Gasteiger partial charge in [-0.05, 0) is 18.3 Å². The fourth-order valence-electron chi connectivity index (χ4n) is 2.02. The first kappa shape index (κ1) is 10.3. The molecule has 1 rings (SSSR count). The standard InChI is InChI=1S/C13H20/c1-5-13(11-12(2,3)4)9-7-6-8-10-13/h5-9H,1,10-11H2,2-4H3. The SMILES string of the molecule is C=CC1(CC(C)(C)C)C=CC=CC1. The van der Waals surface area contributed by atoms with Gasteiger partial charge in [0.05, 0.1) is 0 Å². The molecule has 0 aromatic carbocycles. The Morgan fingerprint density at radius 2 is 2.08 bits per heavy atom. The molecule has 0 heteroatoms. The lowest BCUT2D eigenvalue weighted by molar-refractivity contribution is 0.271. The Kier molecular flexibility index (Phi) is 2.80. The molecular weight excluding hydrogens is 156 g/mol. The summed E-state index contributed by atoms with van der Waals surface area (Å²) in [6, 6.07) is 0. The Morgan fingerprint density at radius 3 is 2.46 bits per heavy atom. The maximum atomic E-state index is 3.96. The summed E-state index contributed by atoms with van der Waals surface area (Å²) in [7, 11) is 0. The highest BCUT2D eigenvalue weighted by Crippen LogP contribution is 2.40. The van der Waals surface area contributed by atoms with Crippen molar-refractivity contribution in [3.8, 4) is 0 Å². The third-order valence-corrected chi connectivity index (χ3v) is 2.44. The van der Waals surface area contributed by atoms with Crippen LogP contribution in [0.2, 0.25) is 0 Å². The monoisotopic (exact) mass is 176 g/mol. The van der Waals surface area contributed by atoms with E-state index in [1.165, 1.54) is 6.42 Å². The van der Waals surface area contributed by atoms with E-state index in [2.05, 4.69) is 57.7 Å². The van der Waals surface area contributed by atoms with Gasteiger partial charge in [-0.25, -0.2) is 0 Å². The van der Waals surface area contributed by atoms with Crippen molar-refractivity contribution in [1.29, 1.82) is 0 Å². The minimum Gasteiger partial charge on any atom is -0.102 e. The lowest BCUT2D eigenvalue weighted by atomic mass is 9.70. The second kappa shape index (κ2) is 3.53. The van der Waals surface area contributed by atoms with Crippen LogP contribution >= 0.6 is 0 Å². The van der Waals surface area contributed by atoms with E-state index in [1.807, 2.05) is 0 Å². The summed E-state index contributed by atoms with van der Waals surface area (Å²) in [5.74, 6) is 0. The van der Waals surface area contributed by atoms with Crippen LogP contribution < -0.4 is 0 Å². The molecule has 1 unspecified atom stereocenters. The highest BCUT2D eigenvalue weighted by atomic mass is 14.3. The zero-order chi connectivity index (χ0) is 9.95. The second-order valence-electron chi connectivity index (χ2n) is 5.17. The van der Waals surface area contributed by atoms with Gasteiger partial charge in [-0.1, -0.05) is 51.2 Å². The van der Waals surface area contributed by atoms with Crippen LogP contribution in [0, 0.1) is 10.8 Å². The lowest BCUT2D eigenvalue weighted by Gasteiger charge is -2.34. The van der Waals surface area contributed by atoms with Crippen molar-refractivity contribution in [3.63, 3.8) is 0 Å². The molecule has 72 valence electrons. The fourth-order valence-corrected chi connectivity index (χ4v) is 2.02. The first-order valence-electron chi connectivity index (χ1n) is 4.95. The lowest BCUT2D eigenvalue weighted by Crippen LogP contribution is -2.23. The van der Waals surface area contributed by atoms with Gasteiger partial charge in [0.2, 0.25) is 0 Å². The average molecular weight is 176 g/mol. The summed E-state index contributed by atoms with van der Waals surface area (Å²) in [6.07, 6.45) is 13.1. The Bertz CT molecular complexity index is 237. The Balaban J connectivity index is 2.77. The minimum absolute atomic E-state index is 0.201. The highest BCUT2D eigenvalue weighted by Gasteiger charge is 2.28. The quantitative estimate of drug-likeness (QED) is 0.555. The molecule has 0 N–H and O–H groups in total. The minimum atomic E-state index is 0.201. The molecule has 0 bridgehead atoms. The number of hydrogen-bond donors (Lipinski definition) is 0. The Hall–Kier alpha value is -0.780. The molecular formula is C13H20. The average Bonchev–Trinajstić information content (AvgIpc) is 2.03. The first-order chi connectivity index (χ1) is 5.97. The van der Waals surface area contributed by atoms with Crippen molar-refractivity contribution in [3.05, 3.63) is 37.0 Å². The van der Waals surface area contributed by atoms with E-state index in [0.29, 0.717) is 5.41 Å². The predicted octanol–water partition coefficient (Wildman–Crippen LogP) is 4.11. The number of rotatable bonds is 2. The molecule has 13 heavy (non-hydrogen) atoms. The van der Waals surface area contributed by atoms with Crippen molar-refractivity contribution < 1.29 is 0 Å². The zero-order valence-corrected chi connectivity index (χ0v) is 9.01. The van der Waals surface area contributed by atoms with Crippen molar-refractivity contribution in [2.45, 2.75) is 33.6 Å². The van der Waals surface area contributed by atoms with Crippen LogP contribution in [0.4, 0.5) is 0 Å². The van der Waals surface area contributed by atoms with Gasteiger partial charge in [0, 0.05) is 5.41 Å². The molecule has 1 aliphatic rings. The summed E-state index contributed by atoms with van der Waals surface area (Å²) in [6.45, 7) is 10.8. The molecule has 0 aromatic rings. The molecule has 0 heterocycles. The van der Waals surface area contributed by atoms with Gasteiger partial charge in [-0.15, -0.1) is 6.58 Å². The van der Waals surface area contributed by atoms with E-state index in [-0.39, 0.29) is 5.41 Å². The summed E-state index contributed by atoms with van der Waals surface area (Å²) in [5, 5.41) is 0. The van der Waals surface area contributed by atoms with E-state index < -0.39 is 0 Å². The maximum absolute atomic E-state index is 3.96. The summed E-state index contributed by atoms with van der Waals surface area (Å²) in [4.78, 5) is 0. The van der Waals surface area contributed by atoms with Crippen molar-refractivity contribution in [2.24, 2.45) is 10.8 Å². The second-order valence-corrected chi connectivity index (χ2v) is 5.17. The van der Waals surface area contributed by atoms with Crippen molar-refractivity contribution >= 4 is 0 Å². The van der Waals surface area contributed by atoms with Crippen LogP contribution in [-0.4, -0.2) is 0 Å². The van der Waals surface area contributed by atoms with Crippen molar-refractivity contribution in [1.82, 2.24) is 0 Å². The van der Waals surface area contributed by atoms with E-state index in [0.717, 1.165) is 6.42 Å². The largest absolute Gasteiger partial charge is 0.102 e. The van der Waals surface area contributed by atoms with Gasteiger partial charge in [-0.3, -0.25) is 0 Å². The highest BCUT2D eigenvalue weighted by molar-refractivity contribution is 5.22. The van der Waals surface area contributed by atoms with Gasteiger partial charge in [-0.2, -0.15) is 0 Å². The summed E-state index contributed by atoms with van der Waals surface area (Å²) < 4.78 is 0. The summed E-state index contributed by atoms with van der Waals surface area (Å²) >= 11 is 0. The molecule has 1 aliphatic carbocycles. The molecule has 0 nitrogen and oxygen atoms in total. The molecule has 0 radical (unpaired) electrons. The van der Waals surface area contributed by atoms with Crippen LogP contribution in [0.3, 0.4) is 0 Å². The molecule has 0 amide bonds. The molecule has 0 spiro atoms.